The second kappa shape index (κ2) is 7.81. The number of para-hydroxylation sites is 1. The summed E-state index contributed by atoms with van der Waals surface area (Å²) in [5, 5.41) is 13.1. The van der Waals surface area contributed by atoms with Crippen molar-refractivity contribution in [3.63, 3.8) is 0 Å². The van der Waals surface area contributed by atoms with Crippen molar-refractivity contribution in [1.29, 1.82) is 0 Å². The van der Waals surface area contributed by atoms with Crippen LogP contribution in [0.25, 0.3) is 0 Å². The molecule has 2 heterocycles. The second-order valence-corrected chi connectivity index (χ2v) is 9.84. The first-order chi connectivity index (χ1) is 14.2. The summed E-state index contributed by atoms with van der Waals surface area (Å²) in [6, 6.07) is 17.4. The molecule has 0 bridgehead atoms. The van der Waals surface area contributed by atoms with Crippen molar-refractivity contribution in [2.45, 2.75) is 57.1 Å². The zero-order chi connectivity index (χ0) is 19.8. The molecule has 152 valence electrons. The highest BCUT2D eigenvalue weighted by atomic mass is 32.2. The predicted octanol–water partition coefficient (Wildman–Crippen LogP) is 5.21. The molecule has 2 aromatic carbocycles. The molecule has 2 aromatic rings. The molecule has 0 aromatic heterocycles. The van der Waals surface area contributed by atoms with Crippen LogP contribution in [-0.4, -0.2) is 33.7 Å². The molecule has 1 atom stereocenters. The molecule has 0 radical (unpaired) electrons. The second-order valence-electron chi connectivity index (χ2n) is 8.78. The van der Waals surface area contributed by atoms with E-state index >= 15 is 0 Å². The van der Waals surface area contributed by atoms with Gasteiger partial charge in [0, 0.05) is 11.3 Å². The third kappa shape index (κ3) is 3.40. The fourth-order valence-corrected chi connectivity index (χ4v) is 6.43. The van der Waals surface area contributed by atoms with Gasteiger partial charge in [-0.3, -0.25) is 0 Å². The van der Waals surface area contributed by atoms with Gasteiger partial charge in [-0.15, -0.1) is 0 Å². The van der Waals surface area contributed by atoms with Gasteiger partial charge < -0.3 is 5.11 Å². The third-order valence-corrected chi connectivity index (χ3v) is 8.09. The lowest BCUT2D eigenvalue weighted by Gasteiger charge is -2.26. The van der Waals surface area contributed by atoms with E-state index in [0.29, 0.717) is 12.5 Å². The summed E-state index contributed by atoms with van der Waals surface area (Å²) in [4.78, 5) is 2.33. The van der Waals surface area contributed by atoms with E-state index in [1.54, 1.807) is 0 Å². The van der Waals surface area contributed by atoms with Gasteiger partial charge in [0.1, 0.15) is 5.69 Å². The minimum Gasteiger partial charge on any atom is -0.346 e. The molecule has 0 spiro atoms. The van der Waals surface area contributed by atoms with E-state index in [1.807, 2.05) is 11.8 Å². The summed E-state index contributed by atoms with van der Waals surface area (Å²) in [7, 11) is 0. The molecule has 1 N–H and O–H groups in total. The number of β-amino-alcohol motifs (C(OH)–C–C–N with tert-alkyl or cyclic N) is 1. The molecule has 1 fully saturated rings. The van der Waals surface area contributed by atoms with Gasteiger partial charge in [0.05, 0.1) is 6.54 Å². The molecule has 1 saturated carbocycles. The van der Waals surface area contributed by atoms with Gasteiger partial charge in [0.25, 0.3) is 5.72 Å². The Bertz CT molecular complexity index is 917. The molecule has 0 saturated heterocycles. The van der Waals surface area contributed by atoms with Gasteiger partial charge in [-0.1, -0.05) is 61.7 Å². The van der Waals surface area contributed by atoms with Crippen molar-refractivity contribution in [1.82, 2.24) is 0 Å². The van der Waals surface area contributed by atoms with Gasteiger partial charge in [-0.2, -0.15) is 0 Å². The third-order valence-electron chi connectivity index (χ3n) is 6.90. The van der Waals surface area contributed by atoms with E-state index in [4.69, 9.17) is 0 Å². The Labute approximate surface area is 178 Å². The summed E-state index contributed by atoms with van der Waals surface area (Å²) in [5.74, 6) is 1.82. The number of hydrogen-bond donors (Lipinski definition) is 1. The molecule has 29 heavy (non-hydrogen) atoms. The summed E-state index contributed by atoms with van der Waals surface area (Å²) in [6.45, 7) is 3.65. The van der Waals surface area contributed by atoms with E-state index in [2.05, 4.69) is 64.9 Å². The van der Waals surface area contributed by atoms with Crippen molar-refractivity contribution in [3.05, 3.63) is 65.2 Å². The van der Waals surface area contributed by atoms with Crippen LogP contribution in [0.1, 0.15) is 61.1 Å². The smallest absolute Gasteiger partial charge is 0.316 e. The van der Waals surface area contributed by atoms with Crippen LogP contribution < -0.4 is 4.90 Å². The Morgan fingerprint density at radius 1 is 1.00 bits per heavy atom. The largest absolute Gasteiger partial charge is 0.346 e. The van der Waals surface area contributed by atoms with Crippen LogP contribution in [0.15, 0.2) is 48.5 Å². The monoisotopic (exact) mass is 407 g/mol. The number of benzene rings is 2. The number of nitrogens with zero attached hydrogens (tertiary/aromatic N) is 2. The maximum atomic E-state index is 11.9. The molecular weight excluding hydrogens is 376 g/mol. The summed E-state index contributed by atoms with van der Waals surface area (Å²) >= 11 is 1.88. The quantitative estimate of drug-likeness (QED) is 0.707. The topological polar surface area (TPSA) is 26.5 Å². The molecule has 1 unspecified atom stereocenters. The van der Waals surface area contributed by atoms with Crippen molar-refractivity contribution in [2.75, 3.05) is 23.7 Å². The number of amidine groups is 1. The highest BCUT2D eigenvalue weighted by molar-refractivity contribution is 8.13. The molecule has 3 aliphatic rings. The SMILES string of the molecule is Cc1ccccc1N1CC(O)(c2ccc(C3CCCCC3)cc2)[N+]2=C1SCCC2. The maximum Gasteiger partial charge on any atom is 0.316 e. The molecule has 5 rings (SSSR count). The highest BCUT2D eigenvalue weighted by Crippen LogP contribution is 2.39. The van der Waals surface area contributed by atoms with Gasteiger partial charge in [0.2, 0.25) is 0 Å². The highest BCUT2D eigenvalue weighted by Gasteiger charge is 2.53. The fourth-order valence-electron chi connectivity index (χ4n) is 5.26. The van der Waals surface area contributed by atoms with Gasteiger partial charge in [0.15, 0.2) is 6.54 Å². The van der Waals surface area contributed by atoms with Crippen molar-refractivity contribution < 1.29 is 9.68 Å². The Hall–Kier alpha value is -1.78. The Balaban J connectivity index is 1.49. The molecule has 3 nitrogen and oxygen atoms in total. The van der Waals surface area contributed by atoms with Gasteiger partial charge in [-0.25, -0.2) is 9.48 Å². The molecule has 4 heteroatoms. The first-order valence-corrected chi connectivity index (χ1v) is 12.1. The van der Waals surface area contributed by atoms with Gasteiger partial charge >= 0.3 is 5.17 Å². The van der Waals surface area contributed by atoms with Gasteiger partial charge in [-0.05, 0) is 61.1 Å². The number of aryl methyl sites for hydroxylation is 1. The van der Waals surface area contributed by atoms with Crippen LogP contribution in [0, 0.1) is 6.92 Å². The molecule has 2 aliphatic heterocycles. The predicted molar refractivity (Wildman–Crippen MR) is 122 cm³/mol. The Morgan fingerprint density at radius 3 is 2.52 bits per heavy atom. The number of hydrogen-bond acceptors (Lipinski definition) is 3. The number of thioether (sulfide) groups is 1. The van der Waals surface area contributed by atoms with E-state index in [1.165, 1.54) is 54.1 Å². The zero-order valence-electron chi connectivity index (χ0n) is 17.3. The minimum atomic E-state index is -0.962. The van der Waals surface area contributed by atoms with E-state index < -0.39 is 5.72 Å². The average Bonchev–Trinajstić information content (AvgIpc) is 3.09. The first-order valence-electron chi connectivity index (χ1n) is 11.1. The lowest BCUT2D eigenvalue weighted by molar-refractivity contribution is -0.656. The van der Waals surface area contributed by atoms with Crippen LogP contribution in [0.2, 0.25) is 0 Å². The van der Waals surface area contributed by atoms with Crippen LogP contribution in [0.5, 0.6) is 0 Å². The normalized spacial score (nSPS) is 25.4. The molecule has 0 amide bonds. The minimum absolute atomic E-state index is 0.586. The van der Waals surface area contributed by atoms with Crippen molar-refractivity contribution in [2.24, 2.45) is 0 Å². The summed E-state index contributed by atoms with van der Waals surface area (Å²) in [5.41, 5.74) is 3.96. The molecular formula is C25H31N2OS+. The van der Waals surface area contributed by atoms with Crippen LogP contribution >= 0.6 is 11.8 Å². The lowest BCUT2D eigenvalue weighted by Crippen LogP contribution is -2.41. The van der Waals surface area contributed by atoms with Crippen molar-refractivity contribution in [3.8, 4) is 0 Å². The van der Waals surface area contributed by atoms with Crippen LogP contribution in [0.3, 0.4) is 0 Å². The van der Waals surface area contributed by atoms with Crippen molar-refractivity contribution >= 4 is 22.6 Å². The lowest BCUT2D eigenvalue weighted by atomic mass is 9.83. The standard InChI is InChI=1S/C25H31N2OS/c1-19-8-5-6-11-23(19)26-18-25(28,27-16-7-17-29-24(26)27)22-14-12-21(13-15-22)20-9-3-2-4-10-20/h5-6,8,11-15,20,28H,2-4,7,9-10,16-18H2,1H3/q+1. The zero-order valence-corrected chi connectivity index (χ0v) is 18.1. The summed E-state index contributed by atoms with van der Waals surface area (Å²) in [6.07, 6.45) is 7.82. The average molecular weight is 408 g/mol. The van der Waals surface area contributed by atoms with Crippen LogP contribution in [-0.2, 0) is 5.72 Å². The van der Waals surface area contributed by atoms with Crippen LogP contribution in [0.4, 0.5) is 5.69 Å². The first kappa shape index (κ1) is 19.2. The van der Waals surface area contributed by atoms with E-state index in [-0.39, 0.29) is 0 Å². The fraction of sp³-hybridized carbons (Fsp3) is 0.480. The number of rotatable bonds is 3. The maximum absolute atomic E-state index is 11.9. The number of aliphatic hydroxyl groups is 1. The number of anilines is 1. The summed E-state index contributed by atoms with van der Waals surface area (Å²) < 4.78 is 2.24. The molecule has 1 aliphatic carbocycles. The Morgan fingerprint density at radius 2 is 1.76 bits per heavy atom. The van der Waals surface area contributed by atoms with E-state index in [0.717, 1.165) is 24.3 Å². The van der Waals surface area contributed by atoms with E-state index in [9.17, 15) is 5.11 Å². The Kier molecular flexibility index (Phi) is 5.17.